The van der Waals surface area contributed by atoms with E-state index in [1.807, 2.05) is 29.6 Å². The molecule has 0 bridgehead atoms. The van der Waals surface area contributed by atoms with E-state index in [9.17, 15) is 22.8 Å². The highest BCUT2D eigenvalue weighted by Crippen LogP contribution is 2.31. The molecular weight excluding hydrogens is 455 g/mol. The van der Waals surface area contributed by atoms with E-state index in [2.05, 4.69) is 10.1 Å². The first-order valence-corrected chi connectivity index (χ1v) is 10.7. The minimum atomic E-state index is -4.67. The number of fused-ring (bicyclic) bond motifs is 2. The summed E-state index contributed by atoms with van der Waals surface area (Å²) in [4.78, 5) is 29.7. The second kappa shape index (κ2) is 7.69. The summed E-state index contributed by atoms with van der Waals surface area (Å²) in [5, 5.41) is 7.26. The van der Waals surface area contributed by atoms with Crippen molar-refractivity contribution >= 4 is 32.5 Å². The number of rotatable bonds is 4. The van der Waals surface area contributed by atoms with E-state index >= 15 is 0 Å². The van der Waals surface area contributed by atoms with Gasteiger partial charge in [0.2, 0.25) is 0 Å². The molecule has 168 valence electrons. The van der Waals surface area contributed by atoms with Crippen molar-refractivity contribution in [2.75, 3.05) is 0 Å². The largest absolute Gasteiger partial charge is 0.406 e. The van der Waals surface area contributed by atoms with Gasteiger partial charge in [0.25, 0.3) is 5.56 Å². The van der Waals surface area contributed by atoms with Crippen molar-refractivity contribution in [3.63, 3.8) is 0 Å². The van der Waals surface area contributed by atoms with Gasteiger partial charge < -0.3 is 0 Å². The maximum atomic E-state index is 13.3. The highest BCUT2D eigenvalue weighted by atomic mass is 32.1. The number of pyridine rings is 1. The summed E-state index contributed by atoms with van der Waals surface area (Å²) in [6.07, 6.45) is -1.62. The molecule has 0 amide bonds. The van der Waals surface area contributed by atoms with Crippen molar-refractivity contribution < 1.29 is 13.2 Å². The summed E-state index contributed by atoms with van der Waals surface area (Å²) in [5.74, 6) is 0. The van der Waals surface area contributed by atoms with Crippen LogP contribution in [0.25, 0.3) is 32.4 Å². The molecule has 0 spiro atoms. The topological polar surface area (TPSA) is 74.7 Å². The van der Waals surface area contributed by atoms with E-state index in [-0.39, 0.29) is 17.6 Å². The Hall–Kier alpha value is -3.73. The Morgan fingerprint density at radius 1 is 1.06 bits per heavy atom. The molecule has 0 aliphatic rings. The molecule has 0 radical (unpaired) electrons. The number of hydrogen-bond acceptors (Lipinski definition) is 5. The van der Waals surface area contributed by atoms with Crippen molar-refractivity contribution in [2.24, 2.45) is 7.05 Å². The monoisotopic (exact) mass is 471 g/mol. The average Bonchev–Trinajstić information content (AvgIpc) is 3.37. The van der Waals surface area contributed by atoms with Crippen molar-refractivity contribution in [2.45, 2.75) is 19.3 Å². The van der Waals surface area contributed by atoms with Crippen LogP contribution in [-0.4, -0.2) is 30.1 Å². The number of halogens is 3. The lowest BCUT2D eigenvalue weighted by molar-refractivity contribution is -0.140. The highest BCUT2D eigenvalue weighted by Gasteiger charge is 2.32. The first kappa shape index (κ1) is 21.1. The molecule has 5 aromatic rings. The highest BCUT2D eigenvalue weighted by molar-refractivity contribution is 7.17. The molecule has 0 atom stereocenters. The van der Waals surface area contributed by atoms with E-state index in [1.54, 1.807) is 12.1 Å². The summed E-state index contributed by atoms with van der Waals surface area (Å²) in [6, 6.07) is 11.1. The van der Waals surface area contributed by atoms with E-state index in [0.29, 0.717) is 20.4 Å². The quantitative estimate of drug-likeness (QED) is 0.400. The molecule has 5 rings (SSSR count). The summed E-state index contributed by atoms with van der Waals surface area (Å²) < 4.78 is 43.6. The van der Waals surface area contributed by atoms with Gasteiger partial charge in [0.1, 0.15) is 11.9 Å². The number of benzene rings is 1. The van der Waals surface area contributed by atoms with Crippen LogP contribution in [0.4, 0.5) is 13.2 Å². The van der Waals surface area contributed by atoms with Gasteiger partial charge in [-0.2, -0.15) is 18.3 Å². The molecule has 1 aromatic carbocycles. The Labute approximate surface area is 188 Å². The molecule has 0 N–H and O–H groups in total. The maximum absolute atomic E-state index is 13.3. The summed E-state index contributed by atoms with van der Waals surface area (Å²) >= 11 is 1.54. The zero-order valence-corrected chi connectivity index (χ0v) is 18.0. The van der Waals surface area contributed by atoms with Crippen LogP contribution in [-0.2, 0) is 20.1 Å². The minimum absolute atomic E-state index is 0.0490. The molecule has 4 aromatic heterocycles. The number of hydrogen-bond donors (Lipinski definition) is 0. The van der Waals surface area contributed by atoms with Crippen LogP contribution < -0.4 is 11.2 Å². The van der Waals surface area contributed by atoms with Crippen molar-refractivity contribution in [1.29, 1.82) is 0 Å². The summed E-state index contributed by atoms with van der Waals surface area (Å²) in [7, 11) is 1.16. The Balaban J connectivity index is 1.83. The number of nitrogens with zero attached hydrogens (tertiary/aromatic N) is 5. The standard InChI is InChI=1S/C22H16F3N5O2S/c1-28-20(31)17-18(13-6-8-26-9-7-13)30(10-14-11-33-16-5-3-2-4-15(14)16)27-19(17)29(21(28)32)12-22(23,24)25/h2-9,11H,10,12H2,1H3. The molecular formula is C22H16F3N5O2S. The lowest BCUT2D eigenvalue weighted by atomic mass is 10.1. The first-order valence-electron chi connectivity index (χ1n) is 9.87. The van der Waals surface area contributed by atoms with Gasteiger partial charge in [-0.05, 0) is 34.5 Å². The fraction of sp³-hybridized carbons (Fsp3) is 0.182. The van der Waals surface area contributed by atoms with Crippen LogP contribution in [0.15, 0.2) is 63.8 Å². The Bertz CT molecular complexity index is 1610. The Morgan fingerprint density at radius 2 is 1.79 bits per heavy atom. The van der Waals surface area contributed by atoms with Gasteiger partial charge in [-0.1, -0.05) is 18.2 Å². The van der Waals surface area contributed by atoms with Crippen LogP contribution >= 0.6 is 11.3 Å². The molecule has 0 unspecified atom stereocenters. The number of aromatic nitrogens is 5. The predicted molar refractivity (Wildman–Crippen MR) is 119 cm³/mol. The van der Waals surface area contributed by atoms with Crippen LogP contribution in [0.1, 0.15) is 5.56 Å². The van der Waals surface area contributed by atoms with Gasteiger partial charge >= 0.3 is 11.9 Å². The van der Waals surface area contributed by atoms with Crippen molar-refractivity contribution in [3.05, 3.63) is 80.6 Å². The molecule has 4 heterocycles. The van der Waals surface area contributed by atoms with E-state index < -0.39 is 24.0 Å². The third kappa shape index (κ3) is 3.63. The molecule has 0 saturated carbocycles. The first-order chi connectivity index (χ1) is 15.7. The van der Waals surface area contributed by atoms with Gasteiger partial charge in [-0.3, -0.25) is 23.6 Å². The van der Waals surface area contributed by atoms with Crippen molar-refractivity contribution in [1.82, 2.24) is 23.9 Å². The minimum Gasteiger partial charge on any atom is -0.268 e. The normalized spacial score (nSPS) is 12.1. The predicted octanol–water partition coefficient (Wildman–Crippen LogP) is 3.78. The van der Waals surface area contributed by atoms with E-state index in [4.69, 9.17) is 0 Å². The Morgan fingerprint density at radius 3 is 2.52 bits per heavy atom. The van der Waals surface area contributed by atoms with E-state index in [1.165, 1.54) is 28.4 Å². The smallest absolute Gasteiger partial charge is 0.268 e. The summed E-state index contributed by atoms with van der Waals surface area (Å²) in [5.41, 5.74) is -0.286. The zero-order valence-electron chi connectivity index (χ0n) is 17.2. The van der Waals surface area contributed by atoms with Gasteiger partial charge in [0.15, 0.2) is 5.65 Å². The molecule has 0 fully saturated rings. The maximum Gasteiger partial charge on any atom is 0.406 e. The van der Waals surface area contributed by atoms with Crippen molar-refractivity contribution in [3.8, 4) is 11.3 Å². The van der Waals surface area contributed by atoms with Crippen LogP contribution in [0, 0.1) is 0 Å². The zero-order chi connectivity index (χ0) is 23.3. The number of thiophene rings is 1. The Kier molecular flexibility index (Phi) is 4.93. The average molecular weight is 471 g/mol. The lowest BCUT2D eigenvalue weighted by Gasteiger charge is -2.11. The number of alkyl halides is 3. The lowest BCUT2D eigenvalue weighted by Crippen LogP contribution is -2.40. The van der Waals surface area contributed by atoms with Gasteiger partial charge in [0.05, 0.1) is 12.2 Å². The third-order valence-corrected chi connectivity index (χ3v) is 6.41. The van der Waals surface area contributed by atoms with Gasteiger partial charge in [0, 0.05) is 29.7 Å². The SMILES string of the molecule is Cn1c(=O)c2c(-c3ccncc3)n(Cc3csc4ccccc34)nc2n(CC(F)(F)F)c1=O. The molecule has 0 aliphatic carbocycles. The second-order valence-electron chi connectivity index (χ2n) is 7.55. The molecule has 0 aliphatic heterocycles. The molecule has 11 heteroatoms. The van der Waals surface area contributed by atoms with Crippen LogP contribution in [0.3, 0.4) is 0 Å². The second-order valence-corrected chi connectivity index (χ2v) is 8.46. The summed E-state index contributed by atoms with van der Waals surface area (Å²) in [6.45, 7) is -1.34. The van der Waals surface area contributed by atoms with Crippen LogP contribution in [0.2, 0.25) is 0 Å². The molecule has 0 saturated heterocycles. The fourth-order valence-electron chi connectivity index (χ4n) is 3.92. The molecule has 7 nitrogen and oxygen atoms in total. The molecule has 33 heavy (non-hydrogen) atoms. The van der Waals surface area contributed by atoms with Gasteiger partial charge in [-0.15, -0.1) is 11.3 Å². The van der Waals surface area contributed by atoms with Gasteiger partial charge in [-0.25, -0.2) is 4.79 Å². The van der Waals surface area contributed by atoms with Crippen LogP contribution in [0.5, 0.6) is 0 Å². The van der Waals surface area contributed by atoms with E-state index in [0.717, 1.165) is 22.7 Å². The third-order valence-electron chi connectivity index (χ3n) is 5.40. The fourth-order valence-corrected chi connectivity index (χ4v) is 4.87.